The van der Waals surface area contributed by atoms with Crippen LogP contribution in [0.25, 0.3) is 71.8 Å². The smallest absolute Gasteiger partial charge is 0.139 e. The van der Waals surface area contributed by atoms with Crippen LogP contribution in [0.3, 0.4) is 0 Å². The first-order valence-corrected chi connectivity index (χ1v) is 16.0. The largest absolute Gasteiger partial charge is 0.457 e. The van der Waals surface area contributed by atoms with Gasteiger partial charge in [0, 0.05) is 51.6 Å². The monoisotopic (exact) mass is 617 g/mol. The number of para-hydroxylation sites is 5. The van der Waals surface area contributed by atoms with Crippen LogP contribution in [-0.2, 0) is 0 Å². The standard InChI is InChI=1S/C42H27N5O/c1-2-11-28(12-3-1)46-37-18-7-5-16-33(37)35-26-43-42(25-41(35)46)47-38-19-8-4-15-32(38)34-22-21-31(24-40(34)47)48-30-14-10-13-29(23-30)45-27-44-36-17-6-9-20-39(36)45/h1-27H. The van der Waals surface area contributed by atoms with Gasteiger partial charge in [-0.15, -0.1) is 0 Å². The average molecular weight is 618 g/mol. The number of imidazole rings is 1. The Kier molecular flexibility index (Phi) is 5.77. The zero-order chi connectivity index (χ0) is 31.6. The number of benzene rings is 6. The van der Waals surface area contributed by atoms with Crippen LogP contribution in [0.4, 0.5) is 0 Å². The number of nitrogens with zero attached hydrogens (tertiary/aromatic N) is 5. The zero-order valence-corrected chi connectivity index (χ0v) is 25.7. The highest BCUT2D eigenvalue weighted by molar-refractivity contribution is 6.11. The van der Waals surface area contributed by atoms with Crippen molar-refractivity contribution >= 4 is 54.6 Å². The van der Waals surface area contributed by atoms with Gasteiger partial charge in [-0.05, 0) is 60.7 Å². The van der Waals surface area contributed by atoms with Gasteiger partial charge in [0.2, 0.25) is 0 Å². The van der Waals surface area contributed by atoms with Crippen LogP contribution in [-0.4, -0.2) is 23.7 Å². The molecule has 10 rings (SSSR count). The molecule has 48 heavy (non-hydrogen) atoms. The Balaban J connectivity index is 1.13. The lowest BCUT2D eigenvalue weighted by Gasteiger charge is -2.12. The van der Waals surface area contributed by atoms with Crippen molar-refractivity contribution in [2.24, 2.45) is 0 Å². The SMILES string of the molecule is c1ccc(-n2c3ccccc3c3cnc(-n4c5ccccc5c5ccc(Oc6cccc(-n7cnc8ccccc87)c6)cc54)cc32)cc1. The van der Waals surface area contributed by atoms with Crippen LogP contribution in [0, 0.1) is 0 Å². The predicted molar refractivity (Wildman–Crippen MR) is 194 cm³/mol. The van der Waals surface area contributed by atoms with Gasteiger partial charge in [-0.2, -0.15) is 0 Å². The highest BCUT2D eigenvalue weighted by Gasteiger charge is 2.18. The van der Waals surface area contributed by atoms with Crippen LogP contribution in [0.1, 0.15) is 0 Å². The molecule has 0 unspecified atom stereocenters. The van der Waals surface area contributed by atoms with Crippen LogP contribution in [0.15, 0.2) is 164 Å². The summed E-state index contributed by atoms with van der Waals surface area (Å²) >= 11 is 0. The second kappa shape index (κ2) is 10.4. The van der Waals surface area contributed by atoms with Crippen LogP contribution in [0.5, 0.6) is 11.5 Å². The third-order valence-corrected chi connectivity index (χ3v) is 9.22. The molecule has 0 saturated heterocycles. The maximum Gasteiger partial charge on any atom is 0.139 e. The van der Waals surface area contributed by atoms with Gasteiger partial charge in [0.05, 0.1) is 38.8 Å². The summed E-state index contributed by atoms with van der Waals surface area (Å²) < 4.78 is 13.2. The first kappa shape index (κ1) is 26.5. The Hall–Kier alpha value is -6.66. The minimum atomic E-state index is 0.749. The van der Waals surface area contributed by atoms with Gasteiger partial charge >= 0.3 is 0 Å². The second-order valence-corrected chi connectivity index (χ2v) is 12.0. The summed E-state index contributed by atoms with van der Waals surface area (Å²) in [4.78, 5) is 9.65. The van der Waals surface area contributed by atoms with E-state index < -0.39 is 0 Å². The first-order chi connectivity index (χ1) is 23.8. The summed E-state index contributed by atoms with van der Waals surface area (Å²) in [6, 6.07) is 52.3. The molecule has 0 aliphatic rings. The number of hydrogen-bond acceptors (Lipinski definition) is 3. The van der Waals surface area contributed by atoms with Gasteiger partial charge in [0.25, 0.3) is 0 Å². The van der Waals surface area contributed by atoms with E-state index >= 15 is 0 Å². The molecule has 6 nitrogen and oxygen atoms in total. The van der Waals surface area contributed by atoms with Gasteiger partial charge < -0.3 is 9.30 Å². The van der Waals surface area contributed by atoms with Gasteiger partial charge in [-0.25, -0.2) is 9.97 Å². The molecule has 0 atom stereocenters. The van der Waals surface area contributed by atoms with Crippen LogP contribution in [0.2, 0.25) is 0 Å². The molecule has 226 valence electrons. The molecular weight excluding hydrogens is 590 g/mol. The van der Waals surface area contributed by atoms with E-state index in [-0.39, 0.29) is 0 Å². The van der Waals surface area contributed by atoms with Crippen molar-refractivity contribution in [2.45, 2.75) is 0 Å². The normalized spacial score (nSPS) is 11.8. The molecule has 0 N–H and O–H groups in total. The fourth-order valence-electron chi connectivity index (χ4n) is 7.09. The van der Waals surface area contributed by atoms with E-state index in [1.807, 2.05) is 55.0 Å². The number of fused-ring (bicyclic) bond motifs is 7. The lowest BCUT2D eigenvalue weighted by atomic mass is 10.1. The van der Waals surface area contributed by atoms with Crippen molar-refractivity contribution in [3.63, 3.8) is 0 Å². The van der Waals surface area contributed by atoms with Gasteiger partial charge in [0.15, 0.2) is 0 Å². The van der Waals surface area contributed by atoms with E-state index in [4.69, 9.17) is 9.72 Å². The summed E-state index contributed by atoms with van der Waals surface area (Å²) in [5, 5.41) is 4.60. The van der Waals surface area contributed by atoms with Crippen molar-refractivity contribution in [1.29, 1.82) is 0 Å². The predicted octanol–water partition coefficient (Wildman–Crippen LogP) is 10.4. The molecular formula is C42H27N5O. The Morgan fingerprint density at radius 3 is 1.92 bits per heavy atom. The molecule has 6 aromatic carbocycles. The minimum absolute atomic E-state index is 0.749. The zero-order valence-electron chi connectivity index (χ0n) is 25.7. The average Bonchev–Trinajstić information content (AvgIpc) is 3.82. The fraction of sp³-hybridized carbons (Fsp3) is 0. The second-order valence-electron chi connectivity index (χ2n) is 12.0. The molecule has 0 fully saturated rings. The van der Waals surface area contributed by atoms with E-state index in [1.54, 1.807) is 0 Å². The first-order valence-electron chi connectivity index (χ1n) is 16.0. The topological polar surface area (TPSA) is 49.8 Å². The molecule has 6 heteroatoms. The lowest BCUT2D eigenvalue weighted by molar-refractivity contribution is 0.483. The summed E-state index contributed by atoms with van der Waals surface area (Å²) in [6.45, 7) is 0. The molecule has 0 bridgehead atoms. The summed E-state index contributed by atoms with van der Waals surface area (Å²) in [6.07, 6.45) is 3.87. The van der Waals surface area contributed by atoms with E-state index in [9.17, 15) is 0 Å². The van der Waals surface area contributed by atoms with Gasteiger partial charge in [-0.3, -0.25) is 9.13 Å². The van der Waals surface area contributed by atoms with Gasteiger partial charge in [0.1, 0.15) is 23.6 Å². The van der Waals surface area contributed by atoms with Crippen LogP contribution < -0.4 is 4.74 Å². The lowest BCUT2D eigenvalue weighted by Crippen LogP contribution is -1.99. The number of pyridine rings is 1. The summed E-state index contributed by atoms with van der Waals surface area (Å²) in [5.41, 5.74) is 8.49. The molecule has 0 spiro atoms. The maximum atomic E-state index is 6.54. The highest BCUT2D eigenvalue weighted by atomic mass is 16.5. The number of hydrogen-bond donors (Lipinski definition) is 0. The molecule has 0 aliphatic heterocycles. The van der Waals surface area contributed by atoms with E-state index in [0.717, 1.165) is 72.6 Å². The molecule has 0 saturated carbocycles. The third kappa shape index (κ3) is 4.06. The van der Waals surface area contributed by atoms with Crippen molar-refractivity contribution in [3.05, 3.63) is 164 Å². The summed E-state index contributed by atoms with van der Waals surface area (Å²) in [5.74, 6) is 2.35. The minimum Gasteiger partial charge on any atom is -0.457 e. The molecule has 4 heterocycles. The number of rotatable bonds is 5. The molecule has 0 aliphatic carbocycles. The molecule has 0 amide bonds. The Labute approximate surface area is 275 Å². The number of aromatic nitrogens is 5. The molecule has 0 radical (unpaired) electrons. The molecule has 4 aromatic heterocycles. The van der Waals surface area contributed by atoms with Crippen molar-refractivity contribution in [1.82, 2.24) is 23.7 Å². The van der Waals surface area contributed by atoms with Crippen molar-refractivity contribution < 1.29 is 4.74 Å². The van der Waals surface area contributed by atoms with E-state index in [2.05, 4.69) is 128 Å². The van der Waals surface area contributed by atoms with Gasteiger partial charge in [-0.1, -0.05) is 72.8 Å². The van der Waals surface area contributed by atoms with Crippen LogP contribution >= 0.6 is 0 Å². The highest BCUT2D eigenvalue weighted by Crippen LogP contribution is 2.37. The third-order valence-electron chi connectivity index (χ3n) is 9.22. The summed E-state index contributed by atoms with van der Waals surface area (Å²) in [7, 11) is 0. The van der Waals surface area contributed by atoms with E-state index in [1.165, 1.54) is 10.8 Å². The van der Waals surface area contributed by atoms with Crippen molar-refractivity contribution in [2.75, 3.05) is 0 Å². The quantitative estimate of drug-likeness (QED) is 0.193. The fourth-order valence-corrected chi connectivity index (χ4v) is 7.09. The Morgan fingerprint density at radius 1 is 0.417 bits per heavy atom. The molecule has 10 aromatic rings. The maximum absolute atomic E-state index is 6.54. The Morgan fingerprint density at radius 2 is 1.06 bits per heavy atom. The number of ether oxygens (including phenoxy) is 1. The van der Waals surface area contributed by atoms with Crippen molar-refractivity contribution in [3.8, 4) is 28.7 Å². The van der Waals surface area contributed by atoms with E-state index in [0.29, 0.717) is 0 Å². The Bertz CT molecular complexity index is 2820.